The Morgan fingerprint density at radius 3 is 2.61 bits per heavy atom. The molecule has 162 valence electrons. The molecule has 2 aliphatic rings. The highest BCUT2D eigenvalue weighted by molar-refractivity contribution is 6.02. The molecule has 1 saturated heterocycles. The molecule has 6 heteroatoms. The van der Waals surface area contributed by atoms with Crippen molar-refractivity contribution in [1.29, 1.82) is 0 Å². The van der Waals surface area contributed by atoms with Gasteiger partial charge in [0.15, 0.2) is 5.58 Å². The van der Waals surface area contributed by atoms with Crippen molar-refractivity contribution in [2.24, 2.45) is 5.16 Å². The Hall–Kier alpha value is -3.02. The second-order valence-corrected chi connectivity index (χ2v) is 9.64. The number of benzene rings is 2. The highest BCUT2D eigenvalue weighted by atomic mass is 16.7. The average Bonchev–Trinajstić information content (AvgIpc) is 3.38. The maximum atomic E-state index is 6.07. The number of aromatic nitrogens is 1. The van der Waals surface area contributed by atoms with Crippen LogP contribution in [-0.2, 0) is 10.3 Å². The molecule has 0 radical (unpaired) electrons. The second-order valence-electron chi connectivity index (χ2n) is 9.64. The van der Waals surface area contributed by atoms with Crippen LogP contribution in [0.25, 0.3) is 11.1 Å². The number of ether oxygens (including phenoxy) is 1. The minimum Gasteiger partial charge on any atom is -0.497 e. The van der Waals surface area contributed by atoms with Gasteiger partial charge in [0.1, 0.15) is 16.9 Å². The molecule has 0 unspecified atom stereocenters. The van der Waals surface area contributed by atoms with E-state index in [9.17, 15) is 0 Å². The lowest BCUT2D eigenvalue weighted by atomic mass is 9.85. The fraction of sp³-hybridized carbons (Fsp3) is 0.440. The first-order chi connectivity index (χ1) is 14.9. The highest BCUT2D eigenvalue weighted by Gasteiger charge is 2.43. The summed E-state index contributed by atoms with van der Waals surface area (Å²) in [7, 11) is 1.68. The van der Waals surface area contributed by atoms with Gasteiger partial charge in [0.25, 0.3) is 6.01 Å². The van der Waals surface area contributed by atoms with E-state index >= 15 is 0 Å². The number of oxime groups is 1. The second kappa shape index (κ2) is 7.29. The van der Waals surface area contributed by atoms with Crippen LogP contribution in [0.4, 0.5) is 6.01 Å². The summed E-state index contributed by atoms with van der Waals surface area (Å²) in [6.45, 7) is 8.30. The minimum absolute atomic E-state index is 0.0884. The lowest BCUT2D eigenvalue weighted by Gasteiger charge is -2.36. The monoisotopic (exact) mass is 419 g/mol. The van der Waals surface area contributed by atoms with Crippen LogP contribution in [0, 0.1) is 0 Å². The number of anilines is 1. The van der Waals surface area contributed by atoms with E-state index in [-0.39, 0.29) is 11.0 Å². The summed E-state index contributed by atoms with van der Waals surface area (Å²) in [6, 6.07) is 15.0. The van der Waals surface area contributed by atoms with Crippen molar-refractivity contribution in [3.8, 4) is 5.75 Å². The topological polar surface area (TPSA) is 60.1 Å². The fourth-order valence-corrected chi connectivity index (χ4v) is 4.37. The number of rotatable bonds is 3. The lowest BCUT2D eigenvalue weighted by molar-refractivity contribution is -0.0364. The summed E-state index contributed by atoms with van der Waals surface area (Å²) in [5.41, 5.74) is 4.92. The maximum absolute atomic E-state index is 6.07. The van der Waals surface area contributed by atoms with E-state index in [0.29, 0.717) is 6.01 Å². The van der Waals surface area contributed by atoms with Gasteiger partial charge in [-0.2, -0.15) is 4.98 Å². The van der Waals surface area contributed by atoms with Crippen molar-refractivity contribution in [2.45, 2.75) is 51.0 Å². The molecule has 6 nitrogen and oxygen atoms in total. The summed E-state index contributed by atoms with van der Waals surface area (Å²) in [6.07, 6.45) is 2.59. The van der Waals surface area contributed by atoms with Crippen molar-refractivity contribution in [3.05, 3.63) is 53.6 Å². The Labute approximate surface area is 182 Å². The van der Waals surface area contributed by atoms with Gasteiger partial charge in [-0.05, 0) is 35.2 Å². The first-order valence-electron chi connectivity index (χ1n) is 10.9. The van der Waals surface area contributed by atoms with Gasteiger partial charge in [0.05, 0.1) is 12.8 Å². The Kier molecular flexibility index (Phi) is 4.68. The zero-order valence-corrected chi connectivity index (χ0v) is 18.6. The van der Waals surface area contributed by atoms with Crippen LogP contribution >= 0.6 is 0 Å². The Morgan fingerprint density at radius 2 is 1.87 bits per heavy atom. The molecule has 1 spiro atoms. The van der Waals surface area contributed by atoms with Crippen LogP contribution < -0.4 is 9.64 Å². The quantitative estimate of drug-likeness (QED) is 0.577. The largest absolute Gasteiger partial charge is 0.497 e. The lowest BCUT2D eigenvalue weighted by Crippen LogP contribution is -2.44. The van der Waals surface area contributed by atoms with Crippen molar-refractivity contribution in [3.63, 3.8) is 0 Å². The number of hydrogen-bond donors (Lipinski definition) is 0. The van der Waals surface area contributed by atoms with Crippen LogP contribution in [0.3, 0.4) is 0 Å². The maximum Gasteiger partial charge on any atom is 0.298 e. The summed E-state index contributed by atoms with van der Waals surface area (Å²) in [4.78, 5) is 13.0. The third kappa shape index (κ3) is 3.75. The molecule has 1 aromatic heterocycles. The van der Waals surface area contributed by atoms with Gasteiger partial charge in [0.2, 0.25) is 0 Å². The molecule has 31 heavy (non-hydrogen) atoms. The van der Waals surface area contributed by atoms with Gasteiger partial charge >= 0.3 is 0 Å². The van der Waals surface area contributed by atoms with Gasteiger partial charge in [-0.15, -0.1) is 0 Å². The first kappa shape index (κ1) is 19.9. The number of fused-ring (bicyclic) bond motifs is 1. The smallest absolute Gasteiger partial charge is 0.298 e. The molecule has 0 atom stereocenters. The molecule has 0 amide bonds. The van der Waals surface area contributed by atoms with E-state index in [1.807, 2.05) is 24.3 Å². The Morgan fingerprint density at radius 1 is 1.06 bits per heavy atom. The molecule has 0 N–H and O–H groups in total. The molecule has 2 aromatic carbocycles. The van der Waals surface area contributed by atoms with Crippen LogP contribution in [0.5, 0.6) is 5.75 Å². The van der Waals surface area contributed by atoms with E-state index in [4.69, 9.17) is 19.0 Å². The van der Waals surface area contributed by atoms with E-state index in [1.54, 1.807) is 7.11 Å². The van der Waals surface area contributed by atoms with Gasteiger partial charge in [-0.25, -0.2) is 0 Å². The van der Waals surface area contributed by atoms with E-state index < -0.39 is 0 Å². The van der Waals surface area contributed by atoms with Gasteiger partial charge in [-0.3, -0.25) is 0 Å². The van der Waals surface area contributed by atoms with Crippen molar-refractivity contribution < 1.29 is 14.0 Å². The van der Waals surface area contributed by atoms with E-state index in [1.165, 1.54) is 5.56 Å². The molecule has 3 heterocycles. The van der Waals surface area contributed by atoms with E-state index in [2.05, 4.69) is 49.0 Å². The molecule has 1 fully saturated rings. The van der Waals surface area contributed by atoms with Crippen molar-refractivity contribution in [2.75, 3.05) is 25.1 Å². The standard InChI is InChI=1S/C25H29N3O3/c1-24(2,3)18-8-9-22-20(15-18)26-23(30-22)28-12-10-25(11-13-28)16-21(27-31-25)17-6-5-7-19(14-17)29-4/h5-9,14-15H,10-13,16H2,1-4H3. The van der Waals surface area contributed by atoms with Gasteiger partial charge in [0, 0.05) is 37.9 Å². The number of nitrogens with zero attached hydrogens (tertiary/aromatic N) is 3. The Bertz CT molecular complexity index is 1130. The predicted octanol–water partition coefficient (Wildman–Crippen LogP) is 5.30. The molecule has 0 saturated carbocycles. The molecular weight excluding hydrogens is 390 g/mol. The molecule has 5 rings (SSSR count). The summed E-state index contributed by atoms with van der Waals surface area (Å²) < 4.78 is 11.4. The van der Waals surface area contributed by atoms with Crippen molar-refractivity contribution >= 4 is 22.8 Å². The highest BCUT2D eigenvalue weighted by Crippen LogP contribution is 2.38. The van der Waals surface area contributed by atoms with Gasteiger partial charge in [-0.1, -0.05) is 44.1 Å². The van der Waals surface area contributed by atoms with E-state index in [0.717, 1.165) is 60.5 Å². The average molecular weight is 420 g/mol. The molecule has 0 bridgehead atoms. The predicted molar refractivity (Wildman–Crippen MR) is 122 cm³/mol. The fourth-order valence-electron chi connectivity index (χ4n) is 4.37. The normalized spacial score (nSPS) is 18.3. The number of piperidine rings is 1. The first-order valence-corrected chi connectivity index (χ1v) is 10.9. The number of methoxy groups -OCH3 is 1. The summed E-state index contributed by atoms with van der Waals surface area (Å²) >= 11 is 0. The molecule has 0 aliphatic carbocycles. The third-order valence-corrected chi connectivity index (χ3v) is 6.43. The molecule has 3 aromatic rings. The number of oxazole rings is 1. The third-order valence-electron chi connectivity index (χ3n) is 6.43. The number of hydrogen-bond acceptors (Lipinski definition) is 6. The minimum atomic E-state index is -0.236. The molecular formula is C25H29N3O3. The SMILES string of the molecule is COc1cccc(C2=NOC3(CCN(c4nc5cc(C(C)(C)C)ccc5o4)CC3)C2)c1. The van der Waals surface area contributed by atoms with Crippen LogP contribution in [-0.4, -0.2) is 36.5 Å². The molecule has 2 aliphatic heterocycles. The summed E-state index contributed by atoms with van der Waals surface area (Å²) in [5, 5.41) is 4.43. The van der Waals surface area contributed by atoms with Crippen LogP contribution in [0.2, 0.25) is 0 Å². The van der Waals surface area contributed by atoms with Crippen LogP contribution in [0.15, 0.2) is 52.0 Å². The zero-order chi connectivity index (χ0) is 21.6. The summed E-state index contributed by atoms with van der Waals surface area (Å²) in [5.74, 6) is 0.835. The van der Waals surface area contributed by atoms with Crippen molar-refractivity contribution in [1.82, 2.24) is 4.98 Å². The van der Waals surface area contributed by atoms with Crippen LogP contribution in [0.1, 0.15) is 51.2 Å². The zero-order valence-electron chi connectivity index (χ0n) is 18.6. The Balaban J connectivity index is 1.27. The van der Waals surface area contributed by atoms with Gasteiger partial charge < -0.3 is 18.9 Å².